The van der Waals surface area contributed by atoms with Crippen LogP contribution >= 0.6 is 0 Å². The van der Waals surface area contributed by atoms with Crippen molar-refractivity contribution in [3.8, 4) is 0 Å². The molecule has 0 spiro atoms. The monoisotopic (exact) mass is 242 g/mol. The van der Waals surface area contributed by atoms with E-state index in [0.717, 1.165) is 5.56 Å². The Bertz CT molecular complexity index is 344. The summed E-state index contributed by atoms with van der Waals surface area (Å²) in [6.07, 6.45) is -2.04. The van der Waals surface area contributed by atoms with Crippen molar-refractivity contribution in [1.82, 2.24) is 10.6 Å². The highest BCUT2D eigenvalue weighted by molar-refractivity contribution is 5.82. The highest BCUT2D eigenvalue weighted by Crippen LogP contribution is 2.03. The van der Waals surface area contributed by atoms with Crippen LogP contribution in [0.5, 0.6) is 0 Å². The van der Waals surface area contributed by atoms with Gasteiger partial charge in [-0.1, -0.05) is 30.3 Å². The second-order valence-electron chi connectivity index (χ2n) is 3.67. The van der Waals surface area contributed by atoms with E-state index in [2.05, 4.69) is 10.6 Å². The van der Waals surface area contributed by atoms with Crippen molar-refractivity contribution in [3.05, 3.63) is 35.9 Å². The highest BCUT2D eigenvalue weighted by atomic mass is 19.3. The van der Waals surface area contributed by atoms with Gasteiger partial charge in [0.1, 0.15) is 0 Å². The van der Waals surface area contributed by atoms with Crippen LogP contribution in [0.3, 0.4) is 0 Å². The van der Waals surface area contributed by atoms with E-state index < -0.39 is 24.9 Å². The lowest BCUT2D eigenvalue weighted by molar-refractivity contribution is -0.123. The Kier molecular flexibility index (Phi) is 5.56. The number of amides is 1. The molecule has 0 saturated carbocycles. The second-order valence-corrected chi connectivity index (χ2v) is 3.67. The van der Waals surface area contributed by atoms with E-state index in [-0.39, 0.29) is 0 Å². The SMILES string of the molecule is CN[C@@H](Cc1ccccc1)C(=O)NCC(F)F. The van der Waals surface area contributed by atoms with Crippen molar-refractivity contribution in [2.45, 2.75) is 18.9 Å². The summed E-state index contributed by atoms with van der Waals surface area (Å²) in [6, 6.07) is 8.93. The molecule has 0 aromatic heterocycles. The standard InChI is InChI=1S/C12H16F2N2O/c1-15-10(12(17)16-8-11(13)14)7-9-5-3-2-4-6-9/h2-6,10-11,15H,7-8H2,1H3,(H,16,17)/t10-/m0/s1. The number of rotatable bonds is 6. The summed E-state index contributed by atoms with van der Waals surface area (Å²) in [5.74, 6) is -0.406. The van der Waals surface area contributed by atoms with Crippen LogP contribution in [-0.4, -0.2) is 32.0 Å². The van der Waals surface area contributed by atoms with Gasteiger partial charge < -0.3 is 10.6 Å². The molecule has 0 heterocycles. The summed E-state index contributed by atoms with van der Waals surface area (Å²) in [7, 11) is 1.63. The molecule has 1 rings (SSSR count). The number of halogens is 2. The largest absolute Gasteiger partial charge is 0.349 e. The van der Waals surface area contributed by atoms with Gasteiger partial charge in [-0.2, -0.15) is 0 Å². The molecule has 1 aromatic carbocycles. The number of likely N-dealkylation sites (N-methyl/N-ethyl adjacent to an activating group) is 1. The Hall–Kier alpha value is -1.49. The van der Waals surface area contributed by atoms with Gasteiger partial charge in [-0.05, 0) is 19.0 Å². The van der Waals surface area contributed by atoms with Crippen molar-refractivity contribution in [2.24, 2.45) is 0 Å². The summed E-state index contributed by atoms with van der Waals surface area (Å²) in [4.78, 5) is 11.6. The smallest absolute Gasteiger partial charge is 0.255 e. The maximum absolute atomic E-state index is 12.0. The fourth-order valence-corrected chi connectivity index (χ4v) is 1.48. The summed E-state index contributed by atoms with van der Waals surface area (Å²) >= 11 is 0. The number of carbonyl (C=O) groups is 1. The maximum atomic E-state index is 12.0. The van der Waals surface area contributed by atoms with Crippen LogP contribution in [0, 0.1) is 0 Å². The average Bonchev–Trinajstić information content (AvgIpc) is 2.34. The fraction of sp³-hybridized carbons (Fsp3) is 0.417. The molecule has 1 amide bonds. The average molecular weight is 242 g/mol. The molecule has 0 unspecified atom stereocenters. The third-order valence-corrected chi connectivity index (χ3v) is 2.38. The van der Waals surface area contributed by atoms with Crippen LogP contribution in [-0.2, 0) is 11.2 Å². The van der Waals surface area contributed by atoms with E-state index in [4.69, 9.17) is 0 Å². The van der Waals surface area contributed by atoms with E-state index in [1.165, 1.54) is 0 Å². The fourth-order valence-electron chi connectivity index (χ4n) is 1.48. The van der Waals surface area contributed by atoms with Crippen LogP contribution in [0.1, 0.15) is 5.56 Å². The predicted octanol–water partition coefficient (Wildman–Crippen LogP) is 1.20. The van der Waals surface area contributed by atoms with Crippen LogP contribution < -0.4 is 10.6 Å². The summed E-state index contributed by atoms with van der Waals surface area (Å²) in [5, 5.41) is 5.02. The zero-order chi connectivity index (χ0) is 12.7. The molecule has 5 heteroatoms. The lowest BCUT2D eigenvalue weighted by atomic mass is 10.1. The highest BCUT2D eigenvalue weighted by Gasteiger charge is 2.17. The molecule has 0 aliphatic heterocycles. The molecule has 1 atom stereocenters. The Balaban J connectivity index is 2.51. The molecular weight excluding hydrogens is 226 g/mol. The molecule has 0 saturated heterocycles. The first kappa shape index (κ1) is 13.6. The summed E-state index contributed by atoms with van der Waals surface area (Å²) < 4.78 is 23.9. The van der Waals surface area contributed by atoms with E-state index in [1.807, 2.05) is 30.3 Å². The van der Waals surface area contributed by atoms with Gasteiger partial charge in [0, 0.05) is 0 Å². The van der Waals surface area contributed by atoms with Gasteiger partial charge in [-0.25, -0.2) is 8.78 Å². The molecule has 3 nitrogen and oxygen atoms in total. The first-order valence-corrected chi connectivity index (χ1v) is 5.40. The molecule has 0 aliphatic carbocycles. The predicted molar refractivity (Wildman–Crippen MR) is 62.0 cm³/mol. The minimum atomic E-state index is -2.52. The third-order valence-electron chi connectivity index (χ3n) is 2.38. The van der Waals surface area contributed by atoms with Gasteiger partial charge in [0.05, 0.1) is 12.6 Å². The Morgan fingerprint density at radius 3 is 2.47 bits per heavy atom. The number of hydrogen-bond donors (Lipinski definition) is 2. The van der Waals surface area contributed by atoms with E-state index in [1.54, 1.807) is 7.05 Å². The number of nitrogens with one attached hydrogen (secondary N) is 2. The van der Waals surface area contributed by atoms with Crippen molar-refractivity contribution in [2.75, 3.05) is 13.6 Å². The van der Waals surface area contributed by atoms with Gasteiger partial charge in [0.2, 0.25) is 5.91 Å². The van der Waals surface area contributed by atoms with Gasteiger partial charge in [0.15, 0.2) is 0 Å². The lowest BCUT2D eigenvalue weighted by Crippen LogP contribution is -2.45. The van der Waals surface area contributed by atoms with Crippen molar-refractivity contribution >= 4 is 5.91 Å². The number of carbonyl (C=O) groups excluding carboxylic acids is 1. The zero-order valence-corrected chi connectivity index (χ0v) is 9.62. The molecule has 1 aromatic rings. The Labute approximate surface area is 99.2 Å². The second kappa shape index (κ2) is 6.96. The number of hydrogen-bond acceptors (Lipinski definition) is 2. The molecule has 2 N–H and O–H groups in total. The molecule has 94 valence electrons. The molecule has 17 heavy (non-hydrogen) atoms. The minimum absolute atomic E-state index is 0.406. The van der Waals surface area contributed by atoms with Gasteiger partial charge in [-0.15, -0.1) is 0 Å². The molecule has 0 aliphatic rings. The van der Waals surface area contributed by atoms with Crippen LogP contribution in [0.25, 0.3) is 0 Å². The molecular formula is C12H16F2N2O. The zero-order valence-electron chi connectivity index (χ0n) is 9.62. The minimum Gasteiger partial charge on any atom is -0.349 e. The normalized spacial score (nSPS) is 12.5. The molecule has 0 radical (unpaired) electrons. The Morgan fingerprint density at radius 1 is 1.29 bits per heavy atom. The molecule has 0 bridgehead atoms. The summed E-state index contributed by atoms with van der Waals surface area (Å²) in [5.41, 5.74) is 0.985. The Morgan fingerprint density at radius 2 is 1.94 bits per heavy atom. The summed E-state index contributed by atoms with van der Waals surface area (Å²) in [6.45, 7) is -0.605. The van der Waals surface area contributed by atoms with Gasteiger partial charge in [-0.3, -0.25) is 4.79 Å². The van der Waals surface area contributed by atoms with E-state index in [9.17, 15) is 13.6 Å². The van der Waals surface area contributed by atoms with Crippen molar-refractivity contribution in [3.63, 3.8) is 0 Å². The van der Waals surface area contributed by atoms with E-state index in [0.29, 0.717) is 6.42 Å². The quantitative estimate of drug-likeness (QED) is 0.787. The van der Waals surface area contributed by atoms with Crippen molar-refractivity contribution < 1.29 is 13.6 Å². The third kappa shape index (κ3) is 4.91. The molecule has 0 fully saturated rings. The van der Waals surface area contributed by atoms with Gasteiger partial charge >= 0.3 is 0 Å². The van der Waals surface area contributed by atoms with Crippen molar-refractivity contribution in [1.29, 1.82) is 0 Å². The van der Waals surface area contributed by atoms with Crippen LogP contribution in [0.2, 0.25) is 0 Å². The lowest BCUT2D eigenvalue weighted by Gasteiger charge is -2.15. The topological polar surface area (TPSA) is 41.1 Å². The number of benzene rings is 1. The first-order chi connectivity index (χ1) is 8.13. The first-order valence-electron chi connectivity index (χ1n) is 5.40. The van der Waals surface area contributed by atoms with Crippen LogP contribution in [0.4, 0.5) is 8.78 Å². The van der Waals surface area contributed by atoms with Gasteiger partial charge in [0.25, 0.3) is 6.43 Å². The van der Waals surface area contributed by atoms with Crippen LogP contribution in [0.15, 0.2) is 30.3 Å². The number of alkyl halides is 2. The maximum Gasteiger partial charge on any atom is 0.255 e. The van der Waals surface area contributed by atoms with E-state index >= 15 is 0 Å².